The Morgan fingerprint density at radius 3 is 2.50 bits per heavy atom. The molecule has 0 spiro atoms. The van der Waals surface area contributed by atoms with Gasteiger partial charge in [-0.2, -0.15) is 4.98 Å². The van der Waals surface area contributed by atoms with E-state index < -0.39 is 0 Å². The minimum atomic E-state index is 0.211. The number of hydrogen-bond donors (Lipinski definition) is 1. The molecule has 4 nitrogen and oxygen atoms in total. The van der Waals surface area contributed by atoms with E-state index in [0.29, 0.717) is 12.0 Å². The first-order valence-corrected chi connectivity index (χ1v) is 8.04. The van der Waals surface area contributed by atoms with Gasteiger partial charge in [0.05, 0.1) is 0 Å². The van der Waals surface area contributed by atoms with Crippen LogP contribution in [0.1, 0.15) is 77.4 Å². The van der Waals surface area contributed by atoms with Crippen molar-refractivity contribution in [2.75, 3.05) is 6.54 Å². The van der Waals surface area contributed by atoms with Gasteiger partial charge in [-0.25, -0.2) is 0 Å². The number of hydrogen-bond acceptors (Lipinski definition) is 4. The van der Waals surface area contributed by atoms with Crippen LogP contribution in [-0.2, 0) is 6.42 Å². The van der Waals surface area contributed by atoms with E-state index in [1.807, 2.05) is 0 Å². The molecule has 1 aromatic heterocycles. The summed E-state index contributed by atoms with van der Waals surface area (Å²) in [5.74, 6) is 2.19. The van der Waals surface area contributed by atoms with Crippen molar-refractivity contribution in [3.05, 3.63) is 11.7 Å². The fourth-order valence-corrected chi connectivity index (χ4v) is 2.87. The summed E-state index contributed by atoms with van der Waals surface area (Å²) >= 11 is 0. The van der Waals surface area contributed by atoms with Gasteiger partial charge in [0.15, 0.2) is 5.82 Å². The molecule has 20 heavy (non-hydrogen) atoms. The van der Waals surface area contributed by atoms with Gasteiger partial charge >= 0.3 is 0 Å². The van der Waals surface area contributed by atoms with Gasteiger partial charge in [-0.05, 0) is 44.1 Å². The van der Waals surface area contributed by atoms with Crippen LogP contribution in [0.3, 0.4) is 0 Å². The third kappa shape index (κ3) is 4.58. The van der Waals surface area contributed by atoms with Gasteiger partial charge in [0.25, 0.3) is 0 Å². The van der Waals surface area contributed by atoms with Gasteiger partial charge in [-0.15, -0.1) is 0 Å². The van der Waals surface area contributed by atoms with E-state index in [1.165, 1.54) is 32.1 Å². The Labute approximate surface area is 122 Å². The molecule has 0 aromatic carbocycles. The Kier molecular flexibility index (Phi) is 5.19. The lowest BCUT2D eigenvalue weighted by molar-refractivity contribution is 0.281. The molecule has 0 bridgehead atoms. The predicted octanol–water partition coefficient (Wildman–Crippen LogP) is 3.68. The third-order valence-electron chi connectivity index (χ3n) is 3.93. The highest BCUT2D eigenvalue weighted by Gasteiger charge is 2.26. The lowest BCUT2D eigenvalue weighted by atomic mass is 9.86. The highest BCUT2D eigenvalue weighted by molar-refractivity contribution is 4.98. The number of nitrogens with one attached hydrogen (secondary N) is 1. The lowest BCUT2D eigenvalue weighted by Gasteiger charge is -2.27. The topological polar surface area (TPSA) is 51.0 Å². The highest BCUT2D eigenvalue weighted by atomic mass is 16.5. The molecule has 1 aliphatic carbocycles. The van der Waals surface area contributed by atoms with Crippen molar-refractivity contribution in [3.8, 4) is 0 Å². The second-order valence-corrected chi connectivity index (χ2v) is 7.29. The summed E-state index contributed by atoms with van der Waals surface area (Å²) in [6, 6.07) is 0.683. The van der Waals surface area contributed by atoms with E-state index in [4.69, 9.17) is 4.52 Å². The maximum atomic E-state index is 5.48. The van der Waals surface area contributed by atoms with Crippen molar-refractivity contribution in [2.24, 2.45) is 5.41 Å². The first-order chi connectivity index (χ1) is 9.48. The summed E-state index contributed by atoms with van der Waals surface area (Å²) in [6.07, 6.45) is 6.87. The van der Waals surface area contributed by atoms with E-state index in [0.717, 1.165) is 24.7 Å². The second kappa shape index (κ2) is 6.70. The summed E-state index contributed by atoms with van der Waals surface area (Å²) in [4.78, 5) is 4.61. The largest absolute Gasteiger partial charge is 0.339 e. The standard InChI is InChI=1S/C16H29N3O/c1-5-10-17-13-8-6-12(7-9-13)15-18-14(19-20-15)11-16(2,3)4/h12-13,17H,5-11H2,1-4H3. The minimum absolute atomic E-state index is 0.211. The van der Waals surface area contributed by atoms with Gasteiger partial charge in [0.1, 0.15) is 0 Å². The molecule has 0 radical (unpaired) electrons. The molecule has 1 heterocycles. The second-order valence-electron chi connectivity index (χ2n) is 7.29. The van der Waals surface area contributed by atoms with Crippen LogP contribution in [0, 0.1) is 5.41 Å². The van der Waals surface area contributed by atoms with Crippen LogP contribution in [0.25, 0.3) is 0 Å². The maximum Gasteiger partial charge on any atom is 0.229 e. The van der Waals surface area contributed by atoms with Crippen LogP contribution < -0.4 is 5.32 Å². The summed E-state index contributed by atoms with van der Waals surface area (Å²) in [7, 11) is 0. The van der Waals surface area contributed by atoms with Gasteiger partial charge in [-0.1, -0.05) is 32.9 Å². The molecular formula is C16H29N3O. The number of aromatic nitrogens is 2. The summed E-state index contributed by atoms with van der Waals surface area (Å²) < 4.78 is 5.48. The zero-order chi connectivity index (χ0) is 14.6. The van der Waals surface area contributed by atoms with E-state index in [9.17, 15) is 0 Å². The van der Waals surface area contributed by atoms with Crippen LogP contribution >= 0.6 is 0 Å². The zero-order valence-corrected chi connectivity index (χ0v) is 13.4. The molecule has 0 saturated heterocycles. The highest BCUT2D eigenvalue weighted by Crippen LogP contribution is 2.32. The molecule has 0 unspecified atom stereocenters. The van der Waals surface area contributed by atoms with E-state index >= 15 is 0 Å². The average molecular weight is 279 g/mol. The van der Waals surface area contributed by atoms with Crippen molar-refractivity contribution in [1.82, 2.24) is 15.5 Å². The van der Waals surface area contributed by atoms with Gasteiger partial charge < -0.3 is 9.84 Å². The SMILES string of the molecule is CCCNC1CCC(c2nc(CC(C)(C)C)no2)CC1. The van der Waals surface area contributed by atoms with Gasteiger partial charge in [0, 0.05) is 18.4 Å². The average Bonchev–Trinajstić information content (AvgIpc) is 2.83. The Morgan fingerprint density at radius 1 is 1.20 bits per heavy atom. The lowest BCUT2D eigenvalue weighted by Crippen LogP contribution is -2.33. The molecule has 0 aliphatic heterocycles. The van der Waals surface area contributed by atoms with Crippen molar-refractivity contribution in [3.63, 3.8) is 0 Å². The van der Waals surface area contributed by atoms with Crippen molar-refractivity contribution < 1.29 is 4.52 Å². The van der Waals surface area contributed by atoms with Crippen molar-refractivity contribution in [2.45, 2.75) is 78.2 Å². The quantitative estimate of drug-likeness (QED) is 0.893. The van der Waals surface area contributed by atoms with E-state index in [2.05, 4.69) is 43.2 Å². The Balaban J connectivity index is 1.85. The molecule has 1 fully saturated rings. The fourth-order valence-electron chi connectivity index (χ4n) is 2.87. The van der Waals surface area contributed by atoms with Crippen molar-refractivity contribution in [1.29, 1.82) is 0 Å². The molecule has 0 atom stereocenters. The minimum Gasteiger partial charge on any atom is -0.339 e. The van der Waals surface area contributed by atoms with E-state index in [1.54, 1.807) is 0 Å². The summed E-state index contributed by atoms with van der Waals surface area (Å²) in [5, 5.41) is 7.76. The predicted molar refractivity (Wildman–Crippen MR) is 80.7 cm³/mol. The Morgan fingerprint density at radius 2 is 1.90 bits per heavy atom. The van der Waals surface area contributed by atoms with Crippen LogP contribution in [-0.4, -0.2) is 22.7 Å². The normalized spacial score (nSPS) is 24.0. The summed E-state index contributed by atoms with van der Waals surface area (Å²) in [6.45, 7) is 9.95. The molecule has 1 aliphatic rings. The first kappa shape index (κ1) is 15.5. The Bertz CT molecular complexity index is 400. The molecule has 0 amide bonds. The van der Waals surface area contributed by atoms with Gasteiger partial charge in [0.2, 0.25) is 5.89 Å². The molecule has 4 heteroatoms. The molecular weight excluding hydrogens is 250 g/mol. The molecule has 2 rings (SSSR count). The fraction of sp³-hybridized carbons (Fsp3) is 0.875. The molecule has 1 saturated carbocycles. The van der Waals surface area contributed by atoms with Crippen LogP contribution in [0.5, 0.6) is 0 Å². The van der Waals surface area contributed by atoms with Crippen molar-refractivity contribution >= 4 is 0 Å². The van der Waals surface area contributed by atoms with Crippen LogP contribution in [0.15, 0.2) is 4.52 Å². The van der Waals surface area contributed by atoms with Gasteiger partial charge in [-0.3, -0.25) is 0 Å². The smallest absolute Gasteiger partial charge is 0.229 e. The van der Waals surface area contributed by atoms with Crippen LogP contribution in [0.2, 0.25) is 0 Å². The maximum absolute atomic E-state index is 5.48. The molecule has 114 valence electrons. The molecule has 1 aromatic rings. The monoisotopic (exact) mass is 279 g/mol. The van der Waals surface area contributed by atoms with Crippen LogP contribution in [0.4, 0.5) is 0 Å². The Hall–Kier alpha value is -0.900. The molecule has 1 N–H and O–H groups in total. The van der Waals surface area contributed by atoms with E-state index in [-0.39, 0.29) is 5.41 Å². The first-order valence-electron chi connectivity index (χ1n) is 8.04. The number of rotatable bonds is 5. The third-order valence-corrected chi connectivity index (χ3v) is 3.93. The zero-order valence-electron chi connectivity index (χ0n) is 13.4. The number of nitrogens with zero attached hydrogens (tertiary/aromatic N) is 2. The summed E-state index contributed by atoms with van der Waals surface area (Å²) in [5.41, 5.74) is 0.211.